The largest absolute Gasteiger partial charge is 0.488 e. The molecule has 0 aliphatic carbocycles. The van der Waals surface area contributed by atoms with E-state index in [1.807, 2.05) is 12.1 Å². The Hall–Kier alpha value is -4.11. The Bertz CT molecular complexity index is 1420. The average molecular weight is 461 g/mol. The van der Waals surface area contributed by atoms with E-state index in [0.717, 1.165) is 17.3 Å². The number of hydrogen-bond donors (Lipinski definition) is 0. The van der Waals surface area contributed by atoms with Crippen molar-refractivity contribution in [1.82, 2.24) is 4.98 Å². The first kappa shape index (κ1) is 23.1. The summed E-state index contributed by atoms with van der Waals surface area (Å²) in [5.41, 5.74) is 2.28. The highest BCUT2D eigenvalue weighted by molar-refractivity contribution is 5.84. The van der Waals surface area contributed by atoms with Crippen molar-refractivity contribution in [3.8, 4) is 17.6 Å². The van der Waals surface area contributed by atoms with Crippen LogP contribution in [0.5, 0.6) is 5.75 Å². The Labute approximate surface area is 194 Å². The van der Waals surface area contributed by atoms with Crippen molar-refractivity contribution in [2.24, 2.45) is 0 Å². The molecule has 1 aromatic heterocycles. The lowest BCUT2D eigenvalue weighted by molar-refractivity contribution is 0.361. The van der Waals surface area contributed by atoms with E-state index in [1.165, 1.54) is 24.3 Å². The molecule has 0 unspecified atom stereocenters. The molecule has 6 heteroatoms. The van der Waals surface area contributed by atoms with E-state index >= 15 is 0 Å². The van der Waals surface area contributed by atoms with Crippen LogP contribution in [0.25, 0.3) is 10.8 Å². The van der Waals surface area contributed by atoms with E-state index < -0.39 is 23.3 Å². The van der Waals surface area contributed by atoms with Crippen LogP contribution in [0.3, 0.4) is 0 Å². The van der Waals surface area contributed by atoms with Crippen LogP contribution in [0, 0.1) is 35.1 Å². The van der Waals surface area contributed by atoms with Crippen LogP contribution in [-0.4, -0.2) is 11.6 Å². The average Bonchev–Trinajstić information content (AvgIpc) is 2.84. The molecule has 34 heavy (non-hydrogen) atoms. The fourth-order valence-corrected chi connectivity index (χ4v) is 3.41. The zero-order valence-electron chi connectivity index (χ0n) is 18.0. The summed E-state index contributed by atoms with van der Waals surface area (Å²) in [7, 11) is 0. The molecule has 0 saturated carbocycles. The van der Waals surface area contributed by atoms with Crippen molar-refractivity contribution >= 4 is 10.8 Å². The van der Waals surface area contributed by atoms with Crippen LogP contribution in [0.4, 0.5) is 17.6 Å². The van der Waals surface area contributed by atoms with Gasteiger partial charge in [0.1, 0.15) is 18.2 Å². The summed E-state index contributed by atoms with van der Waals surface area (Å²) in [6.07, 6.45) is 4.53. The van der Waals surface area contributed by atoms with Gasteiger partial charge < -0.3 is 4.74 Å². The van der Waals surface area contributed by atoms with Crippen LogP contribution in [0.1, 0.15) is 22.4 Å². The van der Waals surface area contributed by atoms with Gasteiger partial charge in [0.25, 0.3) is 0 Å². The minimum atomic E-state index is -1.51. The summed E-state index contributed by atoms with van der Waals surface area (Å²) in [5, 5.41) is 0.126. The fraction of sp³-hybridized carbons (Fsp3) is 0.107. The van der Waals surface area contributed by atoms with Gasteiger partial charge in [0, 0.05) is 16.6 Å². The predicted octanol–water partition coefficient (Wildman–Crippen LogP) is 6.54. The van der Waals surface area contributed by atoms with Gasteiger partial charge in [0.15, 0.2) is 17.5 Å². The summed E-state index contributed by atoms with van der Waals surface area (Å²) >= 11 is 0. The number of aryl methyl sites for hydroxylation is 2. The van der Waals surface area contributed by atoms with Crippen LogP contribution in [0.15, 0.2) is 73.4 Å². The standard InChI is InChI=1S/C28H19F4NO/c1-2-13-34-23-11-10-22(33-17-23)9-5-19-4-8-20(25(29)15-19)7-3-18-6-12-24-21(14-18)16-26(30)28(32)27(24)31/h2,4,6,8,10-12,14-17H,1,5,9,13H2. The molecular weight excluding hydrogens is 442 g/mol. The van der Waals surface area contributed by atoms with Gasteiger partial charge in [-0.25, -0.2) is 17.6 Å². The van der Waals surface area contributed by atoms with Crippen LogP contribution >= 0.6 is 0 Å². The van der Waals surface area contributed by atoms with Gasteiger partial charge in [-0.3, -0.25) is 4.98 Å². The minimum absolute atomic E-state index is 0.0478. The molecule has 3 aromatic carbocycles. The summed E-state index contributed by atoms with van der Waals surface area (Å²) in [6, 6.07) is 13.6. The van der Waals surface area contributed by atoms with E-state index in [9.17, 15) is 17.6 Å². The number of benzene rings is 3. The summed E-state index contributed by atoms with van der Waals surface area (Å²) < 4.78 is 60.7. The van der Waals surface area contributed by atoms with Gasteiger partial charge in [0.05, 0.1) is 11.8 Å². The topological polar surface area (TPSA) is 22.1 Å². The molecular formula is C28H19F4NO. The SMILES string of the molecule is C=CCOc1ccc(CCc2ccc(C#Cc3ccc4c(F)c(F)c(F)cc4c3)c(F)c2)nc1. The number of aromatic nitrogens is 1. The van der Waals surface area contributed by atoms with E-state index in [4.69, 9.17) is 4.74 Å². The highest BCUT2D eigenvalue weighted by atomic mass is 19.2. The summed E-state index contributed by atoms with van der Waals surface area (Å²) in [6.45, 7) is 4.01. The number of rotatable bonds is 6. The number of ether oxygens (including phenoxy) is 1. The van der Waals surface area contributed by atoms with Crippen molar-refractivity contribution in [2.75, 3.05) is 6.61 Å². The molecule has 0 N–H and O–H groups in total. The first-order valence-electron chi connectivity index (χ1n) is 10.5. The van der Waals surface area contributed by atoms with Crippen molar-refractivity contribution in [1.29, 1.82) is 0 Å². The second kappa shape index (κ2) is 10.2. The molecule has 0 bridgehead atoms. The Morgan fingerprint density at radius 1 is 0.853 bits per heavy atom. The molecule has 4 rings (SSSR count). The van der Waals surface area contributed by atoms with E-state index in [0.29, 0.717) is 30.8 Å². The van der Waals surface area contributed by atoms with Gasteiger partial charge in [-0.1, -0.05) is 36.6 Å². The Kier molecular flexibility index (Phi) is 6.93. The molecule has 0 atom stereocenters. The number of nitrogens with zero attached hydrogens (tertiary/aromatic N) is 1. The van der Waals surface area contributed by atoms with Gasteiger partial charge >= 0.3 is 0 Å². The van der Waals surface area contributed by atoms with Crippen LogP contribution < -0.4 is 4.74 Å². The van der Waals surface area contributed by atoms with E-state index in [-0.39, 0.29) is 16.3 Å². The normalized spacial score (nSPS) is 10.6. The van der Waals surface area contributed by atoms with Crippen molar-refractivity contribution < 1.29 is 22.3 Å². The third kappa shape index (κ3) is 5.26. The quantitative estimate of drug-likeness (QED) is 0.141. The lowest BCUT2D eigenvalue weighted by atomic mass is 10.0. The second-order valence-corrected chi connectivity index (χ2v) is 7.57. The first-order chi connectivity index (χ1) is 16.4. The Morgan fingerprint density at radius 3 is 2.44 bits per heavy atom. The van der Waals surface area contributed by atoms with Gasteiger partial charge in [-0.2, -0.15) is 0 Å². The molecule has 0 spiro atoms. The zero-order chi connectivity index (χ0) is 24.1. The molecule has 2 nitrogen and oxygen atoms in total. The van der Waals surface area contributed by atoms with Gasteiger partial charge in [-0.15, -0.1) is 0 Å². The summed E-state index contributed by atoms with van der Waals surface area (Å²) in [5.74, 6) is 1.68. The smallest absolute Gasteiger partial charge is 0.195 e. The zero-order valence-corrected chi connectivity index (χ0v) is 18.0. The molecule has 170 valence electrons. The van der Waals surface area contributed by atoms with Gasteiger partial charge in [-0.05, 0) is 66.3 Å². The molecule has 0 aliphatic heterocycles. The molecule has 1 heterocycles. The maximum absolute atomic E-state index is 14.6. The minimum Gasteiger partial charge on any atom is -0.488 e. The Balaban J connectivity index is 1.45. The van der Waals surface area contributed by atoms with Gasteiger partial charge in [0.2, 0.25) is 0 Å². The third-order valence-electron chi connectivity index (χ3n) is 5.18. The highest BCUT2D eigenvalue weighted by Crippen LogP contribution is 2.24. The lowest BCUT2D eigenvalue weighted by Gasteiger charge is -2.05. The summed E-state index contributed by atoms with van der Waals surface area (Å²) in [4.78, 5) is 4.34. The maximum Gasteiger partial charge on any atom is 0.195 e. The maximum atomic E-state index is 14.6. The van der Waals surface area contributed by atoms with Crippen molar-refractivity contribution in [2.45, 2.75) is 12.8 Å². The van der Waals surface area contributed by atoms with E-state index in [2.05, 4.69) is 23.4 Å². The number of pyridine rings is 1. The first-order valence-corrected chi connectivity index (χ1v) is 10.5. The number of fused-ring (bicyclic) bond motifs is 1. The number of halogens is 4. The fourth-order valence-electron chi connectivity index (χ4n) is 3.41. The van der Waals surface area contributed by atoms with Crippen molar-refractivity contribution in [3.05, 3.63) is 119 Å². The lowest BCUT2D eigenvalue weighted by Crippen LogP contribution is -1.98. The molecule has 0 saturated heterocycles. The Morgan fingerprint density at radius 2 is 1.71 bits per heavy atom. The van der Waals surface area contributed by atoms with Crippen molar-refractivity contribution in [3.63, 3.8) is 0 Å². The van der Waals surface area contributed by atoms with Crippen LogP contribution in [-0.2, 0) is 12.8 Å². The highest BCUT2D eigenvalue weighted by Gasteiger charge is 2.13. The predicted molar refractivity (Wildman–Crippen MR) is 124 cm³/mol. The molecule has 4 aromatic rings. The number of hydrogen-bond acceptors (Lipinski definition) is 2. The second-order valence-electron chi connectivity index (χ2n) is 7.57. The molecule has 0 radical (unpaired) electrons. The molecule has 0 fully saturated rings. The van der Waals surface area contributed by atoms with E-state index in [1.54, 1.807) is 24.4 Å². The van der Waals surface area contributed by atoms with Crippen LogP contribution in [0.2, 0.25) is 0 Å². The monoisotopic (exact) mass is 461 g/mol. The third-order valence-corrected chi connectivity index (χ3v) is 5.18. The molecule has 0 amide bonds. The molecule has 0 aliphatic rings.